The number of anilines is 1. The summed E-state index contributed by atoms with van der Waals surface area (Å²) in [4.78, 5) is 16.9. The molecule has 3 aromatic carbocycles. The molecule has 4 aromatic rings. The number of para-hydroxylation sites is 1. The maximum Gasteiger partial charge on any atom is 0.275 e. The van der Waals surface area contributed by atoms with Gasteiger partial charge in [-0.2, -0.15) is 0 Å². The predicted octanol–water partition coefficient (Wildman–Crippen LogP) is 6.43. The fourth-order valence-corrected chi connectivity index (χ4v) is 3.74. The summed E-state index contributed by atoms with van der Waals surface area (Å²) >= 11 is 7.46. The molecule has 0 atom stereocenters. The van der Waals surface area contributed by atoms with Gasteiger partial charge in [-0.3, -0.25) is 4.79 Å². The van der Waals surface area contributed by atoms with Gasteiger partial charge in [0, 0.05) is 10.9 Å². The van der Waals surface area contributed by atoms with Gasteiger partial charge in [0.1, 0.15) is 28.9 Å². The molecule has 0 fully saturated rings. The molecular weight excluding hydrogens is 423 g/mol. The second-order valence-corrected chi connectivity index (χ2v) is 7.68. The molecule has 7 heteroatoms. The number of nitrogens with zero attached hydrogens (tertiary/aromatic N) is 1. The van der Waals surface area contributed by atoms with E-state index < -0.39 is 0 Å². The van der Waals surface area contributed by atoms with Gasteiger partial charge < -0.3 is 10.1 Å². The van der Waals surface area contributed by atoms with E-state index in [1.807, 2.05) is 30.3 Å². The monoisotopic (exact) mass is 438 g/mol. The number of benzene rings is 3. The number of aromatic nitrogens is 1. The number of hydrogen-bond donors (Lipinski definition) is 1. The number of carbonyl (C=O) groups excluding carboxylic acids is 1. The number of thiazole rings is 1. The summed E-state index contributed by atoms with van der Waals surface area (Å²) in [6, 6.07) is 20.7. The van der Waals surface area contributed by atoms with Gasteiger partial charge >= 0.3 is 0 Å². The lowest BCUT2D eigenvalue weighted by Gasteiger charge is -2.07. The Morgan fingerprint density at radius 2 is 1.87 bits per heavy atom. The average Bonchev–Trinajstić information content (AvgIpc) is 3.25. The maximum atomic E-state index is 13.2. The van der Waals surface area contributed by atoms with E-state index >= 15 is 0 Å². The van der Waals surface area contributed by atoms with Gasteiger partial charge in [-0.1, -0.05) is 35.9 Å². The lowest BCUT2D eigenvalue weighted by molar-refractivity contribution is 0.102. The molecule has 0 aliphatic heterocycles. The Morgan fingerprint density at radius 3 is 2.63 bits per heavy atom. The van der Waals surface area contributed by atoms with E-state index in [4.69, 9.17) is 16.3 Å². The van der Waals surface area contributed by atoms with Crippen molar-refractivity contribution in [3.63, 3.8) is 0 Å². The zero-order valence-electron chi connectivity index (χ0n) is 15.6. The van der Waals surface area contributed by atoms with Crippen LogP contribution < -0.4 is 10.1 Å². The smallest absolute Gasteiger partial charge is 0.275 e. The van der Waals surface area contributed by atoms with Crippen LogP contribution in [-0.2, 0) is 6.61 Å². The highest BCUT2D eigenvalue weighted by Crippen LogP contribution is 2.27. The average molecular weight is 439 g/mol. The van der Waals surface area contributed by atoms with Gasteiger partial charge in [0.15, 0.2) is 0 Å². The van der Waals surface area contributed by atoms with Crippen LogP contribution in [0.15, 0.2) is 78.2 Å². The topological polar surface area (TPSA) is 51.2 Å². The fraction of sp³-hybridized carbons (Fsp3) is 0.0435. The minimum Gasteiger partial charge on any atom is -0.489 e. The summed E-state index contributed by atoms with van der Waals surface area (Å²) in [5.74, 6) is 0.0569. The summed E-state index contributed by atoms with van der Waals surface area (Å²) in [5.41, 5.74) is 2.49. The third-order valence-corrected chi connectivity index (χ3v) is 5.48. The van der Waals surface area contributed by atoms with Crippen LogP contribution in [0.4, 0.5) is 10.1 Å². The summed E-state index contributed by atoms with van der Waals surface area (Å²) in [5, 5.41) is 5.65. The van der Waals surface area contributed by atoms with E-state index in [-0.39, 0.29) is 18.3 Å². The molecule has 0 unspecified atom stereocenters. The summed E-state index contributed by atoms with van der Waals surface area (Å²) < 4.78 is 18.9. The SMILES string of the molecule is O=C(Nc1ccccc1Cl)c1csc(-c2ccc(OCc3cccc(F)c3)cc2)n1. The van der Waals surface area contributed by atoms with Crippen molar-refractivity contribution in [3.05, 3.63) is 100 Å². The first-order chi connectivity index (χ1) is 14.6. The molecular formula is C23H16ClFN2O2S. The molecule has 4 rings (SSSR count). The highest BCUT2D eigenvalue weighted by atomic mass is 35.5. The largest absolute Gasteiger partial charge is 0.489 e. The molecule has 1 heterocycles. The van der Waals surface area contributed by atoms with Gasteiger partial charge in [-0.05, 0) is 54.1 Å². The van der Waals surface area contributed by atoms with Crippen molar-refractivity contribution in [2.24, 2.45) is 0 Å². The first kappa shape index (κ1) is 20.1. The third-order valence-electron chi connectivity index (χ3n) is 4.25. The van der Waals surface area contributed by atoms with Crippen molar-refractivity contribution >= 4 is 34.5 Å². The van der Waals surface area contributed by atoms with E-state index in [0.29, 0.717) is 22.2 Å². The van der Waals surface area contributed by atoms with E-state index in [9.17, 15) is 9.18 Å². The Morgan fingerprint density at radius 1 is 1.07 bits per heavy atom. The Balaban J connectivity index is 1.40. The van der Waals surface area contributed by atoms with Crippen LogP contribution in [0.3, 0.4) is 0 Å². The van der Waals surface area contributed by atoms with Gasteiger partial charge in [0.25, 0.3) is 5.91 Å². The predicted molar refractivity (Wildman–Crippen MR) is 118 cm³/mol. The van der Waals surface area contributed by atoms with Crippen molar-refractivity contribution < 1.29 is 13.9 Å². The van der Waals surface area contributed by atoms with Crippen molar-refractivity contribution in [3.8, 4) is 16.3 Å². The zero-order chi connectivity index (χ0) is 20.9. The molecule has 0 radical (unpaired) electrons. The number of nitrogens with one attached hydrogen (secondary N) is 1. The molecule has 1 amide bonds. The van der Waals surface area contributed by atoms with Crippen molar-refractivity contribution in [1.29, 1.82) is 0 Å². The van der Waals surface area contributed by atoms with E-state index in [2.05, 4.69) is 10.3 Å². The lowest BCUT2D eigenvalue weighted by Crippen LogP contribution is -2.12. The highest BCUT2D eigenvalue weighted by molar-refractivity contribution is 7.13. The lowest BCUT2D eigenvalue weighted by atomic mass is 10.2. The second-order valence-electron chi connectivity index (χ2n) is 6.41. The molecule has 0 saturated carbocycles. The van der Waals surface area contributed by atoms with Gasteiger partial charge in [-0.15, -0.1) is 11.3 Å². The molecule has 1 N–H and O–H groups in total. The van der Waals surface area contributed by atoms with E-state index in [1.165, 1.54) is 23.5 Å². The molecule has 1 aromatic heterocycles. The maximum absolute atomic E-state index is 13.2. The van der Waals surface area contributed by atoms with Crippen LogP contribution in [0.25, 0.3) is 10.6 Å². The quantitative estimate of drug-likeness (QED) is 0.377. The van der Waals surface area contributed by atoms with E-state index in [1.54, 1.807) is 35.7 Å². The molecule has 0 aliphatic carbocycles. The zero-order valence-corrected chi connectivity index (χ0v) is 17.2. The Hall–Kier alpha value is -3.22. The Bertz CT molecular complexity index is 1180. The number of hydrogen-bond acceptors (Lipinski definition) is 4. The minimum atomic E-state index is -0.319. The van der Waals surface area contributed by atoms with E-state index in [0.717, 1.165) is 16.1 Å². The number of ether oxygens (including phenoxy) is 1. The van der Waals surface area contributed by atoms with Crippen molar-refractivity contribution in [2.75, 3.05) is 5.32 Å². The first-order valence-electron chi connectivity index (χ1n) is 9.07. The first-order valence-corrected chi connectivity index (χ1v) is 10.3. The van der Waals surface area contributed by atoms with Crippen LogP contribution in [0.5, 0.6) is 5.75 Å². The Labute approximate surface area is 181 Å². The fourth-order valence-electron chi connectivity index (χ4n) is 2.75. The molecule has 150 valence electrons. The van der Waals surface area contributed by atoms with Gasteiger partial charge in [0.2, 0.25) is 0 Å². The molecule has 0 saturated heterocycles. The van der Waals surface area contributed by atoms with Crippen molar-refractivity contribution in [1.82, 2.24) is 4.98 Å². The molecule has 0 bridgehead atoms. The van der Waals surface area contributed by atoms with Crippen LogP contribution in [0, 0.1) is 5.82 Å². The second kappa shape index (κ2) is 9.07. The molecule has 4 nitrogen and oxygen atoms in total. The van der Waals surface area contributed by atoms with Crippen LogP contribution in [0.2, 0.25) is 5.02 Å². The molecule has 30 heavy (non-hydrogen) atoms. The number of amides is 1. The van der Waals surface area contributed by atoms with Crippen LogP contribution >= 0.6 is 22.9 Å². The number of halogens is 2. The van der Waals surface area contributed by atoms with Gasteiger partial charge in [-0.25, -0.2) is 9.37 Å². The van der Waals surface area contributed by atoms with Gasteiger partial charge in [0.05, 0.1) is 10.7 Å². The minimum absolute atomic E-state index is 0.278. The Kier molecular flexibility index (Phi) is 6.07. The number of carbonyl (C=O) groups is 1. The number of rotatable bonds is 6. The standard InChI is InChI=1S/C23H16ClFN2O2S/c24-19-6-1-2-7-20(19)26-22(28)21-14-30-23(27-21)16-8-10-18(11-9-16)29-13-15-4-3-5-17(25)12-15/h1-12,14H,13H2,(H,26,28). The highest BCUT2D eigenvalue weighted by Gasteiger charge is 2.13. The summed E-state index contributed by atoms with van der Waals surface area (Å²) in [6.45, 7) is 0.278. The third kappa shape index (κ3) is 4.84. The molecule has 0 aliphatic rings. The summed E-state index contributed by atoms with van der Waals surface area (Å²) in [6.07, 6.45) is 0. The van der Waals surface area contributed by atoms with Crippen molar-refractivity contribution in [2.45, 2.75) is 6.61 Å². The summed E-state index contributed by atoms with van der Waals surface area (Å²) in [7, 11) is 0. The normalized spacial score (nSPS) is 10.6. The van der Waals surface area contributed by atoms with Crippen LogP contribution in [-0.4, -0.2) is 10.9 Å². The molecule has 0 spiro atoms. The van der Waals surface area contributed by atoms with Crippen LogP contribution in [0.1, 0.15) is 16.1 Å².